The van der Waals surface area contributed by atoms with Gasteiger partial charge in [0.25, 0.3) is 0 Å². The standard InChI is InChI=1S/C13H19N.ClH/c1-11-3-5-12(6-4-11)13(2)7-9-14-10-8-13;/h3-6,14H,7-10H2,1-2H3;1H. The molecule has 1 aliphatic heterocycles. The van der Waals surface area contributed by atoms with Crippen LogP contribution in [-0.4, -0.2) is 13.1 Å². The Morgan fingerprint density at radius 2 is 1.60 bits per heavy atom. The molecule has 1 saturated heterocycles. The second-order valence-electron chi connectivity index (χ2n) is 4.68. The summed E-state index contributed by atoms with van der Waals surface area (Å²) in [6.07, 6.45) is 2.52. The minimum absolute atomic E-state index is 0. The zero-order chi connectivity index (χ0) is 10.0. The van der Waals surface area contributed by atoms with Gasteiger partial charge in [-0.3, -0.25) is 0 Å². The van der Waals surface area contributed by atoms with E-state index in [1.54, 1.807) is 0 Å². The Kier molecular flexibility index (Phi) is 4.18. The van der Waals surface area contributed by atoms with E-state index in [2.05, 4.69) is 43.4 Å². The lowest BCUT2D eigenvalue weighted by atomic mass is 9.75. The predicted octanol–water partition coefficient (Wildman–Crippen LogP) is 3.06. The van der Waals surface area contributed by atoms with E-state index in [4.69, 9.17) is 0 Å². The van der Waals surface area contributed by atoms with Gasteiger partial charge in [0.1, 0.15) is 0 Å². The van der Waals surface area contributed by atoms with Gasteiger partial charge in [0, 0.05) is 0 Å². The third-order valence-corrected chi connectivity index (χ3v) is 3.46. The molecule has 0 unspecified atom stereocenters. The van der Waals surface area contributed by atoms with Crippen LogP contribution in [-0.2, 0) is 5.41 Å². The molecule has 84 valence electrons. The maximum absolute atomic E-state index is 3.42. The van der Waals surface area contributed by atoms with Crippen LogP contribution in [0.1, 0.15) is 30.9 Å². The highest BCUT2D eigenvalue weighted by atomic mass is 35.5. The van der Waals surface area contributed by atoms with Crippen molar-refractivity contribution in [1.82, 2.24) is 5.32 Å². The zero-order valence-electron chi connectivity index (χ0n) is 9.55. The van der Waals surface area contributed by atoms with Gasteiger partial charge < -0.3 is 5.32 Å². The molecule has 0 bridgehead atoms. The summed E-state index contributed by atoms with van der Waals surface area (Å²) in [5.74, 6) is 0. The lowest BCUT2D eigenvalue weighted by Gasteiger charge is -2.34. The number of hydrogen-bond donors (Lipinski definition) is 1. The Morgan fingerprint density at radius 3 is 2.13 bits per heavy atom. The van der Waals surface area contributed by atoms with Crippen LogP contribution in [0.3, 0.4) is 0 Å². The molecule has 0 aromatic heterocycles. The SMILES string of the molecule is Cc1ccc(C2(C)CCNCC2)cc1.Cl. The fourth-order valence-electron chi connectivity index (χ4n) is 2.22. The molecule has 0 spiro atoms. The molecule has 0 radical (unpaired) electrons. The van der Waals surface area contributed by atoms with Crippen molar-refractivity contribution in [1.29, 1.82) is 0 Å². The van der Waals surface area contributed by atoms with Crippen LogP contribution in [0.4, 0.5) is 0 Å². The first-order valence-corrected chi connectivity index (χ1v) is 5.49. The largest absolute Gasteiger partial charge is 0.317 e. The highest BCUT2D eigenvalue weighted by Crippen LogP contribution is 2.32. The highest BCUT2D eigenvalue weighted by Gasteiger charge is 2.28. The Labute approximate surface area is 98.7 Å². The van der Waals surface area contributed by atoms with Gasteiger partial charge in [0.2, 0.25) is 0 Å². The zero-order valence-corrected chi connectivity index (χ0v) is 10.4. The molecule has 0 atom stereocenters. The van der Waals surface area contributed by atoms with Gasteiger partial charge in [-0.1, -0.05) is 36.8 Å². The second-order valence-corrected chi connectivity index (χ2v) is 4.68. The fourth-order valence-corrected chi connectivity index (χ4v) is 2.22. The molecule has 1 N–H and O–H groups in total. The van der Waals surface area contributed by atoms with Gasteiger partial charge in [-0.05, 0) is 43.8 Å². The van der Waals surface area contributed by atoms with Gasteiger partial charge in [0.05, 0.1) is 0 Å². The minimum atomic E-state index is 0. The molecule has 0 aliphatic carbocycles. The Morgan fingerprint density at radius 1 is 1.07 bits per heavy atom. The lowest BCUT2D eigenvalue weighted by molar-refractivity contribution is 0.335. The van der Waals surface area contributed by atoms with E-state index < -0.39 is 0 Å². The maximum atomic E-state index is 3.42. The summed E-state index contributed by atoms with van der Waals surface area (Å²) in [4.78, 5) is 0. The first-order chi connectivity index (χ1) is 6.71. The van der Waals surface area contributed by atoms with Crippen molar-refractivity contribution in [2.75, 3.05) is 13.1 Å². The monoisotopic (exact) mass is 225 g/mol. The van der Waals surface area contributed by atoms with E-state index in [0.29, 0.717) is 5.41 Å². The van der Waals surface area contributed by atoms with Crippen molar-refractivity contribution in [2.24, 2.45) is 0 Å². The van der Waals surface area contributed by atoms with Crippen molar-refractivity contribution in [2.45, 2.75) is 32.1 Å². The van der Waals surface area contributed by atoms with Crippen molar-refractivity contribution in [3.05, 3.63) is 35.4 Å². The third-order valence-electron chi connectivity index (χ3n) is 3.46. The molecule has 1 aromatic rings. The molecule has 1 nitrogen and oxygen atoms in total. The van der Waals surface area contributed by atoms with Gasteiger partial charge in [-0.15, -0.1) is 12.4 Å². The number of hydrogen-bond acceptors (Lipinski definition) is 1. The summed E-state index contributed by atoms with van der Waals surface area (Å²) in [6.45, 7) is 6.85. The van der Waals surface area contributed by atoms with Crippen LogP contribution in [0.5, 0.6) is 0 Å². The molecule has 2 rings (SSSR count). The average molecular weight is 226 g/mol. The van der Waals surface area contributed by atoms with Crippen LogP contribution in [0.2, 0.25) is 0 Å². The average Bonchev–Trinajstić information content (AvgIpc) is 2.19. The second kappa shape index (κ2) is 5.00. The Balaban J connectivity index is 0.00000112. The van der Waals surface area contributed by atoms with Crippen molar-refractivity contribution >= 4 is 12.4 Å². The first-order valence-electron chi connectivity index (χ1n) is 5.49. The number of aryl methyl sites for hydroxylation is 1. The third kappa shape index (κ3) is 2.73. The first kappa shape index (κ1) is 12.5. The highest BCUT2D eigenvalue weighted by molar-refractivity contribution is 5.85. The number of rotatable bonds is 1. The summed E-state index contributed by atoms with van der Waals surface area (Å²) >= 11 is 0. The van der Waals surface area contributed by atoms with Crippen LogP contribution in [0.15, 0.2) is 24.3 Å². The van der Waals surface area contributed by atoms with Gasteiger partial charge in [-0.2, -0.15) is 0 Å². The summed E-state index contributed by atoms with van der Waals surface area (Å²) in [5, 5.41) is 3.42. The molecule has 1 heterocycles. The molecule has 1 fully saturated rings. The van der Waals surface area contributed by atoms with Crippen LogP contribution >= 0.6 is 12.4 Å². The van der Waals surface area contributed by atoms with Crippen LogP contribution < -0.4 is 5.32 Å². The maximum Gasteiger partial charge on any atom is -0.00405 e. The van der Waals surface area contributed by atoms with Crippen molar-refractivity contribution in [3.63, 3.8) is 0 Å². The minimum Gasteiger partial charge on any atom is -0.317 e. The van der Waals surface area contributed by atoms with Crippen molar-refractivity contribution in [3.8, 4) is 0 Å². The quantitative estimate of drug-likeness (QED) is 0.775. The molecule has 1 aliphatic rings. The van der Waals surface area contributed by atoms with Crippen LogP contribution in [0.25, 0.3) is 0 Å². The summed E-state index contributed by atoms with van der Waals surface area (Å²) in [7, 11) is 0. The summed E-state index contributed by atoms with van der Waals surface area (Å²) in [6, 6.07) is 9.03. The van der Waals surface area contributed by atoms with Crippen LogP contribution in [0, 0.1) is 6.92 Å². The van der Waals surface area contributed by atoms with Gasteiger partial charge >= 0.3 is 0 Å². The Hall–Kier alpha value is -0.530. The lowest BCUT2D eigenvalue weighted by Crippen LogP contribution is -2.37. The molecule has 15 heavy (non-hydrogen) atoms. The van der Waals surface area contributed by atoms with E-state index in [-0.39, 0.29) is 12.4 Å². The predicted molar refractivity (Wildman–Crippen MR) is 67.9 cm³/mol. The van der Waals surface area contributed by atoms with E-state index >= 15 is 0 Å². The molecular formula is C13H20ClN. The fraction of sp³-hybridized carbons (Fsp3) is 0.538. The molecular weight excluding hydrogens is 206 g/mol. The topological polar surface area (TPSA) is 12.0 Å². The summed E-state index contributed by atoms with van der Waals surface area (Å²) in [5.41, 5.74) is 3.26. The Bertz CT molecular complexity index is 299. The smallest absolute Gasteiger partial charge is 0.00405 e. The van der Waals surface area contributed by atoms with E-state index in [1.165, 1.54) is 24.0 Å². The summed E-state index contributed by atoms with van der Waals surface area (Å²) < 4.78 is 0. The van der Waals surface area contributed by atoms with E-state index in [9.17, 15) is 0 Å². The van der Waals surface area contributed by atoms with E-state index in [0.717, 1.165) is 13.1 Å². The number of halogens is 1. The molecule has 0 amide bonds. The van der Waals surface area contributed by atoms with Gasteiger partial charge in [-0.25, -0.2) is 0 Å². The normalized spacial score (nSPS) is 19.3. The molecule has 0 saturated carbocycles. The van der Waals surface area contributed by atoms with Gasteiger partial charge in [0.15, 0.2) is 0 Å². The number of piperidine rings is 1. The molecule has 2 heteroatoms. The van der Waals surface area contributed by atoms with Crippen molar-refractivity contribution < 1.29 is 0 Å². The number of nitrogens with one attached hydrogen (secondary N) is 1. The van der Waals surface area contributed by atoms with E-state index in [1.807, 2.05) is 0 Å². The number of benzene rings is 1. The molecule has 1 aromatic carbocycles.